The third kappa shape index (κ3) is 2.37. The molecule has 1 aromatic carbocycles. The van der Waals surface area contributed by atoms with Gasteiger partial charge in [-0.1, -0.05) is 25.0 Å². The molecule has 0 radical (unpaired) electrons. The second-order valence-electron chi connectivity index (χ2n) is 6.64. The van der Waals surface area contributed by atoms with Crippen LogP contribution in [0.5, 0.6) is 0 Å². The molecular formula is C17H21N5O2. The highest BCUT2D eigenvalue weighted by Crippen LogP contribution is 2.33. The first kappa shape index (κ1) is 15.2. The third-order valence-electron chi connectivity index (χ3n) is 4.95. The standard InChI is InChI=1S/C17H21N5O2/c1-17(16(23)20-18)9-14(21-24-17)11-6-7-12-10-19-22(15(12)8-11)13-4-2-3-5-13/h6-10,13,21H,2-5,18H2,1H3,(H,20,23). The van der Waals surface area contributed by atoms with Crippen molar-refractivity contribution in [3.05, 3.63) is 36.0 Å². The Morgan fingerprint density at radius 3 is 3.00 bits per heavy atom. The Balaban J connectivity index is 1.71. The number of hydrogen-bond acceptors (Lipinski definition) is 5. The van der Waals surface area contributed by atoms with Crippen LogP contribution in [0.3, 0.4) is 0 Å². The molecule has 24 heavy (non-hydrogen) atoms. The van der Waals surface area contributed by atoms with Crippen LogP contribution in [0.2, 0.25) is 0 Å². The monoisotopic (exact) mass is 327 g/mol. The Bertz CT molecular complexity index is 821. The molecule has 4 rings (SSSR count). The van der Waals surface area contributed by atoms with Crippen LogP contribution in [0.1, 0.15) is 44.2 Å². The summed E-state index contributed by atoms with van der Waals surface area (Å²) in [7, 11) is 0. The molecule has 2 aliphatic rings. The van der Waals surface area contributed by atoms with Gasteiger partial charge in [-0.15, -0.1) is 0 Å². The maximum absolute atomic E-state index is 11.9. The lowest BCUT2D eigenvalue weighted by Crippen LogP contribution is -2.47. The van der Waals surface area contributed by atoms with E-state index in [0.717, 1.165) is 22.2 Å². The molecule has 2 heterocycles. The highest BCUT2D eigenvalue weighted by atomic mass is 16.7. The Morgan fingerprint density at radius 1 is 1.46 bits per heavy atom. The number of amides is 1. The van der Waals surface area contributed by atoms with Gasteiger partial charge in [0.25, 0.3) is 5.91 Å². The van der Waals surface area contributed by atoms with Gasteiger partial charge in [0.05, 0.1) is 23.5 Å². The molecule has 4 N–H and O–H groups in total. The molecule has 7 nitrogen and oxygen atoms in total. The topological polar surface area (TPSA) is 94.2 Å². The molecule has 2 aromatic rings. The average molecular weight is 327 g/mol. The molecule has 1 amide bonds. The van der Waals surface area contributed by atoms with Crippen LogP contribution >= 0.6 is 0 Å². The van der Waals surface area contributed by atoms with Crippen molar-refractivity contribution in [3.63, 3.8) is 0 Å². The Labute approximate surface area is 139 Å². The van der Waals surface area contributed by atoms with E-state index in [1.165, 1.54) is 25.7 Å². The van der Waals surface area contributed by atoms with Gasteiger partial charge in [-0.05, 0) is 31.9 Å². The zero-order chi connectivity index (χ0) is 16.7. The summed E-state index contributed by atoms with van der Waals surface area (Å²) in [4.78, 5) is 17.3. The van der Waals surface area contributed by atoms with Crippen LogP contribution in [0.25, 0.3) is 16.6 Å². The van der Waals surface area contributed by atoms with Crippen molar-refractivity contribution < 1.29 is 9.63 Å². The van der Waals surface area contributed by atoms with Gasteiger partial charge in [0, 0.05) is 10.9 Å². The van der Waals surface area contributed by atoms with E-state index in [1.807, 2.05) is 18.3 Å². The van der Waals surface area contributed by atoms with Crippen molar-refractivity contribution in [2.75, 3.05) is 0 Å². The summed E-state index contributed by atoms with van der Waals surface area (Å²) in [5.41, 5.74) is 6.66. The van der Waals surface area contributed by atoms with Crippen molar-refractivity contribution >= 4 is 22.5 Å². The minimum Gasteiger partial charge on any atom is -0.291 e. The van der Waals surface area contributed by atoms with Crippen LogP contribution in [-0.4, -0.2) is 21.3 Å². The molecule has 1 atom stereocenters. The van der Waals surface area contributed by atoms with Gasteiger partial charge in [0.2, 0.25) is 0 Å². The maximum Gasteiger partial charge on any atom is 0.272 e. The molecule has 1 aliphatic heterocycles. The quantitative estimate of drug-likeness (QED) is 0.454. The molecule has 126 valence electrons. The summed E-state index contributed by atoms with van der Waals surface area (Å²) in [6.45, 7) is 1.66. The third-order valence-corrected chi connectivity index (χ3v) is 4.95. The lowest BCUT2D eigenvalue weighted by molar-refractivity contribution is -0.141. The number of aromatic nitrogens is 2. The van der Waals surface area contributed by atoms with E-state index in [4.69, 9.17) is 10.7 Å². The molecule has 1 fully saturated rings. The predicted octanol–water partition coefficient (Wildman–Crippen LogP) is 1.78. The predicted molar refractivity (Wildman–Crippen MR) is 90.2 cm³/mol. The molecule has 7 heteroatoms. The summed E-state index contributed by atoms with van der Waals surface area (Å²) in [6, 6.07) is 6.61. The van der Waals surface area contributed by atoms with Crippen molar-refractivity contribution in [1.82, 2.24) is 20.7 Å². The second kappa shape index (κ2) is 5.61. The zero-order valence-electron chi connectivity index (χ0n) is 13.6. The molecule has 1 saturated carbocycles. The second-order valence-corrected chi connectivity index (χ2v) is 6.64. The van der Waals surface area contributed by atoms with Crippen molar-refractivity contribution in [2.24, 2.45) is 5.84 Å². The minimum absolute atomic E-state index is 0.401. The zero-order valence-corrected chi connectivity index (χ0v) is 13.6. The number of hydrazine groups is 1. The normalized spacial score (nSPS) is 24.2. The van der Waals surface area contributed by atoms with Crippen molar-refractivity contribution in [2.45, 2.75) is 44.2 Å². The maximum atomic E-state index is 11.9. The van der Waals surface area contributed by atoms with Crippen molar-refractivity contribution in [3.8, 4) is 0 Å². The molecule has 1 aliphatic carbocycles. The summed E-state index contributed by atoms with van der Waals surface area (Å²) in [5.74, 6) is 4.82. The molecule has 0 saturated heterocycles. The highest BCUT2D eigenvalue weighted by Gasteiger charge is 2.38. The first-order chi connectivity index (χ1) is 11.6. The summed E-state index contributed by atoms with van der Waals surface area (Å²) >= 11 is 0. The van der Waals surface area contributed by atoms with Gasteiger partial charge >= 0.3 is 0 Å². The fourth-order valence-electron chi connectivity index (χ4n) is 3.54. The van der Waals surface area contributed by atoms with Crippen molar-refractivity contribution in [1.29, 1.82) is 0 Å². The van der Waals surface area contributed by atoms with Crippen LogP contribution < -0.4 is 16.7 Å². The SMILES string of the molecule is CC1(C(=O)NN)C=C(c2ccc3cnn(C4CCCC4)c3c2)NO1. The van der Waals surface area contributed by atoms with Gasteiger partial charge in [0.1, 0.15) is 0 Å². The summed E-state index contributed by atoms with van der Waals surface area (Å²) < 4.78 is 2.13. The Hall–Kier alpha value is -2.38. The molecule has 0 spiro atoms. The number of carbonyl (C=O) groups is 1. The molecule has 0 bridgehead atoms. The van der Waals surface area contributed by atoms with E-state index >= 15 is 0 Å². The largest absolute Gasteiger partial charge is 0.291 e. The number of hydrogen-bond donors (Lipinski definition) is 3. The van der Waals surface area contributed by atoms with E-state index in [1.54, 1.807) is 13.0 Å². The summed E-state index contributed by atoms with van der Waals surface area (Å²) in [5, 5.41) is 5.70. The highest BCUT2D eigenvalue weighted by molar-refractivity contribution is 5.91. The lowest BCUT2D eigenvalue weighted by atomic mass is 10.0. The van der Waals surface area contributed by atoms with Gasteiger partial charge in [-0.3, -0.25) is 25.2 Å². The fraction of sp³-hybridized carbons (Fsp3) is 0.412. The van der Waals surface area contributed by atoms with Crippen LogP contribution in [0, 0.1) is 0 Å². The van der Waals surface area contributed by atoms with Crippen LogP contribution in [0.4, 0.5) is 0 Å². The van der Waals surface area contributed by atoms with E-state index in [2.05, 4.69) is 26.8 Å². The Morgan fingerprint density at radius 2 is 2.25 bits per heavy atom. The van der Waals surface area contributed by atoms with Gasteiger partial charge < -0.3 is 0 Å². The van der Waals surface area contributed by atoms with Gasteiger partial charge in [-0.2, -0.15) is 5.10 Å². The lowest BCUT2D eigenvalue weighted by Gasteiger charge is -2.16. The van der Waals surface area contributed by atoms with Gasteiger partial charge in [-0.25, -0.2) is 5.84 Å². The number of rotatable bonds is 3. The first-order valence-electron chi connectivity index (χ1n) is 8.26. The number of carbonyl (C=O) groups excluding carboxylic acids is 1. The number of fused-ring (bicyclic) bond motifs is 1. The molecular weight excluding hydrogens is 306 g/mol. The van der Waals surface area contributed by atoms with Crippen LogP contribution in [0.15, 0.2) is 30.5 Å². The fourth-order valence-corrected chi connectivity index (χ4v) is 3.54. The molecule has 1 aromatic heterocycles. The average Bonchev–Trinajstić information content (AvgIpc) is 3.32. The van der Waals surface area contributed by atoms with Crippen LogP contribution in [-0.2, 0) is 9.63 Å². The molecule has 1 unspecified atom stereocenters. The number of nitrogens with two attached hydrogens (primary N) is 1. The van der Waals surface area contributed by atoms with E-state index in [9.17, 15) is 4.79 Å². The van der Waals surface area contributed by atoms with E-state index in [0.29, 0.717) is 6.04 Å². The number of nitrogens with one attached hydrogen (secondary N) is 2. The first-order valence-corrected chi connectivity index (χ1v) is 8.26. The minimum atomic E-state index is -1.12. The number of nitrogens with zero attached hydrogens (tertiary/aromatic N) is 2. The van der Waals surface area contributed by atoms with Gasteiger partial charge in [0.15, 0.2) is 5.60 Å². The summed E-state index contributed by atoms with van der Waals surface area (Å²) in [6.07, 6.45) is 8.54. The van der Waals surface area contributed by atoms with E-state index in [-0.39, 0.29) is 0 Å². The Kier molecular flexibility index (Phi) is 3.54. The van der Waals surface area contributed by atoms with E-state index < -0.39 is 11.5 Å². The number of benzene rings is 1. The smallest absolute Gasteiger partial charge is 0.272 e. The number of hydroxylamine groups is 1.